The van der Waals surface area contributed by atoms with Gasteiger partial charge in [0.2, 0.25) is 0 Å². The molecule has 0 aromatic carbocycles. The van der Waals surface area contributed by atoms with Gasteiger partial charge in [0, 0.05) is 38.4 Å². The first-order chi connectivity index (χ1) is 8.77. The summed E-state index contributed by atoms with van der Waals surface area (Å²) in [5, 5.41) is 0. The molecule has 1 spiro atoms. The molecule has 0 aliphatic carbocycles. The van der Waals surface area contributed by atoms with Crippen LogP contribution in [0.25, 0.3) is 0 Å². The van der Waals surface area contributed by atoms with Gasteiger partial charge in [0.15, 0.2) is 0 Å². The highest BCUT2D eigenvalue weighted by Crippen LogP contribution is 2.36. The Kier molecular flexibility index (Phi) is 3.89. The zero-order valence-electron chi connectivity index (χ0n) is 11.3. The van der Waals surface area contributed by atoms with Crippen LogP contribution in [0.4, 0.5) is 0 Å². The zero-order chi connectivity index (χ0) is 12.4. The van der Waals surface area contributed by atoms with Crippen LogP contribution in [0.5, 0.6) is 0 Å². The SMILES string of the molecule is NC1CCCN(C2CCOC3(CCOCC3)C2)C1. The van der Waals surface area contributed by atoms with Crippen LogP contribution >= 0.6 is 0 Å². The van der Waals surface area contributed by atoms with Crippen LogP contribution in [0.1, 0.15) is 38.5 Å². The van der Waals surface area contributed by atoms with Crippen molar-refractivity contribution in [2.24, 2.45) is 5.73 Å². The summed E-state index contributed by atoms with van der Waals surface area (Å²) in [7, 11) is 0. The fourth-order valence-electron chi connectivity index (χ4n) is 3.78. The van der Waals surface area contributed by atoms with Crippen molar-refractivity contribution >= 4 is 0 Å². The van der Waals surface area contributed by atoms with Gasteiger partial charge in [-0.15, -0.1) is 0 Å². The van der Waals surface area contributed by atoms with E-state index in [2.05, 4.69) is 4.90 Å². The molecular formula is C14H26N2O2. The summed E-state index contributed by atoms with van der Waals surface area (Å²) in [5.74, 6) is 0. The predicted molar refractivity (Wildman–Crippen MR) is 70.5 cm³/mol. The summed E-state index contributed by atoms with van der Waals surface area (Å²) < 4.78 is 11.6. The number of hydrogen-bond donors (Lipinski definition) is 1. The molecule has 0 aromatic rings. The third-order valence-electron chi connectivity index (χ3n) is 4.88. The molecule has 3 fully saturated rings. The molecule has 0 amide bonds. The molecule has 0 aromatic heterocycles. The molecule has 4 nitrogen and oxygen atoms in total. The van der Waals surface area contributed by atoms with Gasteiger partial charge in [0.25, 0.3) is 0 Å². The highest BCUT2D eigenvalue weighted by Gasteiger charge is 2.41. The van der Waals surface area contributed by atoms with Gasteiger partial charge in [-0.2, -0.15) is 0 Å². The fourth-order valence-corrected chi connectivity index (χ4v) is 3.78. The van der Waals surface area contributed by atoms with E-state index in [1.807, 2.05) is 0 Å². The van der Waals surface area contributed by atoms with Crippen molar-refractivity contribution in [1.29, 1.82) is 0 Å². The number of rotatable bonds is 1. The molecule has 0 radical (unpaired) electrons. The van der Waals surface area contributed by atoms with E-state index in [4.69, 9.17) is 15.2 Å². The third kappa shape index (κ3) is 2.72. The highest BCUT2D eigenvalue weighted by atomic mass is 16.5. The standard InChI is InChI=1S/C14H26N2O2/c15-12-2-1-6-16(11-12)13-3-7-18-14(10-13)4-8-17-9-5-14/h12-13H,1-11,15H2. The highest BCUT2D eigenvalue weighted by molar-refractivity contribution is 4.93. The lowest BCUT2D eigenvalue weighted by Gasteiger charge is -2.47. The topological polar surface area (TPSA) is 47.7 Å². The summed E-state index contributed by atoms with van der Waals surface area (Å²) in [4.78, 5) is 2.62. The zero-order valence-corrected chi connectivity index (χ0v) is 11.3. The maximum absolute atomic E-state index is 6.12. The Morgan fingerprint density at radius 3 is 2.72 bits per heavy atom. The van der Waals surface area contributed by atoms with Crippen LogP contribution in [0, 0.1) is 0 Å². The maximum Gasteiger partial charge on any atom is 0.0741 e. The van der Waals surface area contributed by atoms with E-state index in [9.17, 15) is 0 Å². The van der Waals surface area contributed by atoms with Crippen molar-refractivity contribution in [3.63, 3.8) is 0 Å². The van der Waals surface area contributed by atoms with Crippen LogP contribution < -0.4 is 5.73 Å². The van der Waals surface area contributed by atoms with Crippen molar-refractivity contribution in [1.82, 2.24) is 4.90 Å². The summed E-state index contributed by atoms with van der Waals surface area (Å²) in [6, 6.07) is 1.07. The van der Waals surface area contributed by atoms with E-state index >= 15 is 0 Å². The van der Waals surface area contributed by atoms with E-state index in [0.29, 0.717) is 12.1 Å². The van der Waals surface area contributed by atoms with E-state index in [1.165, 1.54) is 32.2 Å². The Morgan fingerprint density at radius 2 is 1.94 bits per heavy atom. The first-order valence-corrected chi connectivity index (χ1v) is 7.49. The van der Waals surface area contributed by atoms with Crippen molar-refractivity contribution in [2.75, 3.05) is 32.9 Å². The largest absolute Gasteiger partial charge is 0.381 e. The number of nitrogens with two attached hydrogens (primary N) is 1. The lowest BCUT2D eigenvalue weighted by molar-refractivity contribution is -0.152. The number of nitrogens with zero attached hydrogens (tertiary/aromatic N) is 1. The lowest BCUT2D eigenvalue weighted by Crippen LogP contribution is -2.54. The number of hydrogen-bond acceptors (Lipinski definition) is 4. The summed E-state index contributed by atoms with van der Waals surface area (Å²) in [6.45, 7) is 4.96. The molecule has 2 N–H and O–H groups in total. The predicted octanol–water partition coefficient (Wildman–Crippen LogP) is 1.14. The molecule has 2 atom stereocenters. The fraction of sp³-hybridized carbons (Fsp3) is 1.00. The Bertz CT molecular complexity index is 273. The molecule has 3 rings (SSSR count). The second-order valence-corrected chi connectivity index (χ2v) is 6.19. The van der Waals surface area contributed by atoms with Gasteiger partial charge in [0.1, 0.15) is 0 Å². The minimum Gasteiger partial charge on any atom is -0.381 e. The van der Waals surface area contributed by atoms with Crippen molar-refractivity contribution < 1.29 is 9.47 Å². The average Bonchev–Trinajstić information content (AvgIpc) is 2.40. The monoisotopic (exact) mass is 254 g/mol. The molecule has 3 saturated heterocycles. The van der Waals surface area contributed by atoms with E-state index in [0.717, 1.165) is 39.2 Å². The molecule has 3 heterocycles. The van der Waals surface area contributed by atoms with E-state index in [1.54, 1.807) is 0 Å². The summed E-state index contributed by atoms with van der Waals surface area (Å²) >= 11 is 0. The first-order valence-electron chi connectivity index (χ1n) is 7.49. The number of ether oxygens (including phenoxy) is 2. The maximum atomic E-state index is 6.12. The van der Waals surface area contributed by atoms with Crippen LogP contribution in [0.2, 0.25) is 0 Å². The normalized spacial score (nSPS) is 37.8. The summed E-state index contributed by atoms with van der Waals surface area (Å²) in [6.07, 6.45) is 6.96. The van der Waals surface area contributed by atoms with E-state index in [-0.39, 0.29) is 5.60 Å². The molecular weight excluding hydrogens is 228 g/mol. The second-order valence-electron chi connectivity index (χ2n) is 6.19. The van der Waals surface area contributed by atoms with Crippen LogP contribution in [-0.4, -0.2) is 55.5 Å². The Balaban J connectivity index is 1.62. The van der Waals surface area contributed by atoms with E-state index < -0.39 is 0 Å². The molecule has 0 bridgehead atoms. The molecule has 0 saturated carbocycles. The third-order valence-corrected chi connectivity index (χ3v) is 4.88. The van der Waals surface area contributed by atoms with Crippen LogP contribution in [0.15, 0.2) is 0 Å². The van der Waals surface area contributed by atoms with Gasteiger partial charge in [-0.1, -0.05) is 0 Å². The smallest absolute Gasteiger partial charge is 0.0741 e. The number of likely N-dealkylation sites (tertiary alicyclic amines) is 1. The van der Waals surface area contributed by atoms with Gasteiger partial charge in [0.05, 0.1) is 5.60 Å². The van der Waals surface area contributed by atoms with Gasteiger partial charge in [-0.25, -0.2) is 0 Å². The molecule has 104 valence electrons. The van der Waals surface area contributed by atoms with Crippen molar-refractivity contribution in [3.8, 4) is 0 Å². The molecule has 3 aliphatic heterocycles. The molecule has 4 heteroatoms. The quantitative estimate of drug-likeness (QED) is 0.762. The second kappa shape index (κ2) is 5.45. The van der Waals surface area contributed by atoms with Crippen LogP contribution in [0.3, 0.4) is 0 Å². The summed E-state index contributed by atoms with van der Waals surface area (Å²) in [5.41, 5.74) is 6.22. The Morgan fingerprint density at radius 1 is 1.11 bits per heavy atom. The van der Waals surface area contributed by atoms with Crippen molar-refractivity contribution in [3.05, 3.63) is 0 Å². The van der Waals surface area contributed by atoms with Crippen molar-refractivity contribution in [2.45, 2.75) is 56.2 Å². The first kappa shape index (κ1) is 12.9. The van der Waals surface area contributed by atoms with Gasteiger partial charge < -0.3 is 15.2 Å². The van der Waals surface area contributed by atoms with Gasteiger partial charge in [-0.05, 0) is 45.1 Å². The average molecular weight is 254 g/mol. The van der Waals surface area contributed by atoms with Gasteiger partial charge >= 0.3 is 0 Å². The Hall–Kier alpha value is -0.160. The molecule has 3 aliphatic rings. The Labute approximate surface area is 110 Å². The minimum absolute atomic E-state index is 0.114. The van der Waals surface area contributed by atoms with Gasteiger partial charge in [-0.3, -0.25) is 4.90 Å². The molecule has 2 unspecified atom stereocenters. The molecule has 18 heavy (non-hydrogen) atoms. The minimum atomic E-state index is 0.114. The van der Waals surface area contributed by atoms with Crippen LogP contribution in [-0.2, 0) is 9.47 Å². The lowest BCUT2D eigenvalue weighted by atomic mass is 9.83. The number of piperidine rings is 1.